The topological polar surface area (TPSA) is 106 Å². The molecule has 12 heteroatoms. The number of anilines is 1. The minimum Gasteiger partial charge on any atom is -0.320 e. The minimum atomic E-state index is -3.70. The third-order valence-electron chi connectivity index (χ3n) is 4.86. The summed E-state index contributed by atoms with van der Waals surface area (Å²) in [6.07, 6.45) is 1.49. The van der Waals surface area contributed by atoms with Gasteiger partial charge < -0.3 is 5.32 Å². The Bertz CT molecular complexity index is 1470. The summed E-state index contributed by atoms with van der Waals surface area (Å²) >= 11 is 13.7. The maximum absolute atomic E-state index is 13.1. The number of benzene rings is 3. The molecular formula is C22H13Br2ClN2O5S2. The van der Waals surface area contributed by atoms with Crippen molar-refractivity contribution >= 4 is 88.4 Å². The molecule has 0 fully saturated rings. The lowest BCUT2D eigenvalue weighted by Gasteiger charge is -2.19. The van der Waals surface area contributed by atoms with Crippen LogP contribution in [0.25, 0.3) is 6.08 Å². The lowest BCUT2D eigenvalue weighted by Crippen LogP contribution is -2.17. The van der Waals surface area contributed by atoms with Crippen molar-refractivity contribution in [2.24, 2.45) is 0 Å². The molecule has 3 aromatic rings. The van der Waals surface area contributed by atoms with Crippen LogP contribution < -0.4 is 5.32 Å². The number of fused-ring (bicyclic) bond motifs is 1. The number of carbonyl (C=O) groups is 1. The molecule has 7 nitrogen and oxygen atoms in total. The van der Waals surface area contributed by atoms with Crippen LogP contribution >= 0.6 is 55.2 Å². The number of thioether (sulfide) groups is 1. The van der Waals surface area contributed by atoms with E-state index in [4.69, 9.17) is 11.6 Å². The van der Waals surface area contributed by atoms with E-state index in [1.54, 1.807) is 30.3 Å². The van der Waals surface area contributed by atoms with Gasteiger partial charge in [-0.05, 0) is 53.6 Å². The van der Waals surface area contributed by atoms with Crippen LogP contribution in [0.4, 0.5) is 11.4 Å². The van der Waals surface area contributed by atoms with Crippen molar-refractivity contribution in [2.45, 2.75) is 15.5 Å². The van der Waals surface area contributed by atoms with Crippen molar-refractivity contribution in [3.8, 4) is 0 Å². The van der Waals surface area contributed by atoms with E-state index in [2.05, 4.69) is 37.2 Å². The standard InChI is InChI=1S/C22H13Br2ClN2O5S2/c23-15-2-1-3-16(24)14(15)11-34(31,32)13-5-7-18-20(10-13)33-21(22(28)26-18)9-12-4-6-17(25)19(8-12)27(29)30/h1-10H,11H2,(H,26,28). The molecular weight excluding hydrogens is 632 g/mol. The molecule has 0 radical (unpaired) electrons. The van der Waals surface area contributed by atoms with Crippen LogP contribution in [0, 0.1) is 10.1 Å². The van der Waals surface area contributed by atoms with Crippen LogP contribution in [0.15, 0.2) is 78.2 Å². The number of sulfone groups is 1. The van der Waals surface area contributed by atoms with Crippen molar-refractivity contribution in [3.05, 3.63) is 94.7 Å². The lowest BCUT2D eigenvalue weighted by atomic mass is 10.2. The molecule has 174 valence electrons. The van der Waals surface area contributed by atoms with Crippen LogP contribution in [-0.4, -0.2) is 19.2 Å². The highest BCUT2D eigenvalue weighted by Gasteiger charge is 2.25. The third kappa shape index (κ3) is 5.23. The van der Waals surface area contributed by atoms with Crippen molar-refractivity contribution in [1.82, 2.24) is 0 Å². The summed E-state index contributed by atoms with van der Waals surface area (Å²) in [6, 6.07) is 14.1. The molecule has 1 amide bonds. The van der Waals surface area contributed by atoms with Crippen LogP contribution in [0.3, 0.4) is 0 Å². The van der Waals surface area contributed by atoms with Gasteiger partial charge in [0.25, 0.3) is 11.6 Å². The monoisotopic (exact) mass is 642 g/mol. The average molecular weight is 645 g/mol. The Balaban J connectivity index is 1.67. The van der Waals surface area contributed by atoms with Gasteiger partial charge in [0, 0.05) is 19.9 Å². The van der Waals surface area contributed by atoms with Gasteiger partial charge in [-0.1, -0.05) is 67.4 Å². The van der Waals surface area contributed by atoms with Crippen molar-refractivity contribution in [3.63, 3.8) is 0 Å². The van der Waals surface area contributed by atoms with Gasteiger partial charge in [-0.3, -0.25) is 14.9 Å². The van der Waals surface area contributed by atoms with Gasteiger partial charge in [0.2, 0.25) is 0 Å². The van der Waals surface area contributed by atoms with E-state index in [1.807, 2.05) is 0 Å². The van der Waals surface area contributed by atoms with Gasteiger partial charge in [0.15, 0.2) is 9.84 Å². The average Bonchev–Trinajstić information content (AvgIpc) is 2.77. The van der Waals surface area contributed by atoms with Crippen LogP contribution in [0.5, 0.6) is 0 Å². The molecule has 1 aliphatic rings. The number of carbonyl (C=O) groups excluding carboxylic acids is 1. The molecule has 0 saturated carbocycles. The zero-order valence-electron chi connectivity index (χ0n) is 16.9. The molecule has 0 aromatic heterocycles. The maximum atomic E-state index is 13.1. The number of rotatable bonds is 5. The number of hydrogen-bond acceptors (Lipinski definition) is 6. The predicted octanol–water partition coefficient (Wildman–Crippen LogP) is 6.83. The van der Waals surface area contributed by atoms with Crippen LogP contribution in [-0.2, 0) is 20.4 Å². The minimum absolute atomic E-state index is 0.00946. The lowest BCUT2D eigenvalue weighted by molar-refractivity contribution is -0.384. The number of halogens is 3. The molecule has 0 saturated heterocycles. The summed E-state index contributed by atoms with van der Waals surface area (Å²) in [5.41, 5.74) is 1.23. The second-order valence-corrected chi connectivity index (χ2v) is 12.3. The van der Waals surface area contributed by atoms with Crippen LogP contribution in [0.2, 0.25) is 5.02 Å². The van der Waals surface area contributed by atoms with Gasteiger partial charge in [-0.2, -0.15) is 0 Å². The Morgan fingerprint density at radius 3 is 2.47 bits per heavy atom. The highest BCUT2D eigenvalue weighted by molar-refractivity contribution is 9.11. The fraction of sp³-hybridized carbons (Fsp3) is 0.0455. The smallest absolute Gasteiger partial charge is 0.288 e. The molecule has 0 unspecified atom stereocenters. The van der Waals surface area contributed by atoms with E-state index in [9.17, 15) is 23.3 Å². The van der Waals surface area contributed by atoms with Gasteiger partial charge >= 0.3 is 0 Å². The number of nitro benzene ring substituents is 1. The second-order valence-electron chi connectivity index (χ2n) is 7.15. The Morgan fingerprint density at radius 1 is 1.09 bits per heavy atom. The van der Waals surface area contributed by atoms with E-state index < -0.39 is 20.7 Å². The van der Waals surface area contributed by atoms with Crippen molar-refractivity contribution < 1.29 is 18.1 Å². The van der Waals surface area contributed by atoms with Gasteiger partial charge in [-0.25, -0.2) is 8.42 Å². The quantitative estimate of drug-likeness (QED) is 0.185. The summed E-state index contributed by atoms with van der Waals surface area (Å²) in [4.78, 5) is 24.0. The Labute approximate surface area is 220 Å². The zero-order valence-corrected chi connectivity index (χ0v) is 22.5. The van der Waals surface area contributed by atoms with E-state index in [0.717, 1.165) is 11.8 Å². The number of amides is 1. The first-order chi connectivity index (χ1) is 16.0. The summed E-state index contributed by atoms with van der Waals surface area (Å²) in [5.74, 6) is -0.620. The second kappa shape index (κ2) is 9.82. The van der Waals surface area contributed by atoms with E-state index in [0.29, 0.717) is 30.7 Å². The number of nitrogens with one attached hydrogen (secondary N) is 1. The highest BCUT2D eigenvalue weighted by atomic mass is 79.9. The molecule has 4 rings (SSSR count). The predicted molar refractivity (Wildman–Crippen MR) is 140 cm³/mol. The SMILES string of the molecule is O=C1Nc2ccc(S(=O)(=O)Cc3c(Br)cccc3Br)cc2SC1=Cc1ccc(Cl)c([N+](=O)[O-])c1. The molecule has 1 heterocycles. The van der Waals surface area contributed by atoms with Gasteiger partial charge in [0.05, 0.1) is 26.2 Å². The number of nitrogens with zero attached hydrogens (tertiary/aromatic N) is 1. The normalized spacial score (nSPS) is 14.6. The molecule has 1 N–H and O–H groups in total. The van der Waals surface area contributed by atoms with E-state index in [-0.39, 0.29) is 26.3 Å². The molecule has 0 aliphatic carbocycles. The van der Waals surface area contributed by atoms with Gasteiger partial charge in [0.1, 0.15) is 5.02 Å². The number of hydrogen-bond donors (Lipinski definition) is 1. The zero-order chi connectivity index (χ0) is 24.6. The summed E-state index contributed by atoms with van der Waals surface area (Å²) in [6.45, 7) is 0. The van der Waals surface area contributed by atoms with Crippen LogP contribution in [0.1, 0.15) is 11.1 Å². The largest absolute Gasteiger partial charge is 0.320 e. The summed E-state index contributed by atoms with van der Waals surface area (Å²) < 4.78 is 27.6. The maximum Gasteiger partial charge on any atom is 0.288 e. The summed E-state index contributed by atoms with van der Waals surface area (Å²) in [7, 11) is -3.70. The Hall–Kier alpha value is -2.18. The molecule has 0 bridgehead atoms. The van der Waals surface area contributed by atoms with Crippen molar-refractivity contribution in [2.75, 3.05) is 5.32 Å². The Kier molecular flexibility index (Phi) is 7.20. The molecule has 1 aliphatic heterocycles. The third-order valence-corrected chi connectivity index (χ3v) is 9.39. The molecule has 0 spiro atoms. The van der Waals surface area contributed by atoms with Crippen molar-refractivity contribution in [1.29, 1.82) is 0 Å². The number of nitro groups is 1. The molecule has 3 aromatic carbocycles. The first-order valence-electron chi connectivity index (χ1n) is 9.50. The first-order valence-corrected chi connectivity index (χ1v) is 13.9. The van der Waals surface area contributed by atoms with E-state index in [1.165, 1.54) is 30.3 Å². The Morgan fingerprint density at radius 2 is 1.79 bits per heavy atom. The van der Waals surface area contributed by atoms with Gasteiger partial charge in [-0.15, -0.1) is 0 Å². The first kappa shape index (κ1) is 24.9. The van der Waals surface area contributed by atoms with E-state index >= 15 is 0 Å². The fourth-order valence-corrected chi connectivity index (χ4v) is 7.51. The fourth-order valence-electron chi connectivity index (χ4n) is 3.18. The molecule has 0 atom stereocenters. The molecule has 34 heavy (non-hydrogen) atoms. The summed E-state index contributed by atoms with van der Waals surface area (Å²) in [5, 5.41) is 13.9. The highest BCUT2D eigenvalue weighted by Crippen LogP contribution is 2.41.